The number of hydrogen-bond acceptors (Lipinski definition) is 2. The summed E-state index contributed by atoms with van der Waals surface area (Å²) in [6, 6.07) is 8.05. The van der Waals surface area contributed by atoms with Crippen LogP contribution in [0, 0.1) is 5.82 Å². The lowest BCUT2D eigenvalue weighted by atomic mass is 10.0. The van der Waals surface area contributed by atoms with E-state index in [0.717, 1.165) is 30.9 Å². The number of benzene rings is 1. The molecule has 2 rings (SSSR count). The SMILES string of the molecule is CCCNC(c1ccc(CC)o1)c1cc(F)ccc1Cl. The van der Waals surface area contributed by atoms with Gasteiger partial charge in [0.2, 0.25) is 0 Å². The van der Waals surface area contributed by atoms with Crippen LogP contribution < -0.4 is 5.32 Å². The fourth-order valence-corrected chi connectivity index (χ4v) is 2.35. The molecule has 0 bridgehead atoms. The molecule has 0 saturated heterocycles. The van der Waals surface area contributed by atoms with Gasteiger partial charge in [-0.1, -0.05) is 25.4 Å². The topological polar surface area (TPSA) is 25.2 Å². The number of furan rings is 1. The number of nitrogens with one attached hydrogen (secondary N) is 1. The second kappa shape index (κ2) is 6.91. The summed E-state index contributed by atoms with van der Waals surface area (Å²) in [5, 5.41) is 3.90. The van der Waals surface area contributed by atoms with E-state index in [1.807, 2.05) is 19.1 Å². The second-order valence-corrected chi connectivity index (χ2v) is 5.12. The van der Waals surface area contributed by atoms with E-state index in [0.29, 0.717) is 10.6 Å². The largest absolute Gasteiger partial charge is 0.464 e. The summed E-state index contributed by atoms with van der Waals surface area (Å²) in [6.07, 6.45) is 1.81. The fraction of sp³-hybridized carbons (Fsp3) is 0.375. The molecule has 1 aromatic carbocycles. The van der Waals surface area contributed by atoms with Crippen LogP contribution in [-0.4, -0.2) is 6.54 Å². The van der Waals surface area contributed by atoms with Crippen molar-refractivity contribution >= 4 is 11.6 Å². The molecule has 2 aromatic rings. The summed E-state index contributed by atoms with van der Waals surface area (Å²) in [7, 11) is 0. The standard InChI is InChI=1S/C16H19ClFNO/c1-3-9-19-16(15-8-6-12(4-2)20-15)13-10-11(18)5-7-14(13)17/h5-8,10,16,19H,3-4,9H2,1-2H3. The molecule has 1 N–H and O–H groups in total. The van der Waals surface area contributed by atoms with Gasteiger partial charge in [0.1, 0.15) is 17.3 Å². The van der Waals surface area contributed by atoms with Gasteiger partial charge < -0.3 is 9.73 Å². The molecule has 2 nitrogen and oxygen atoms in total. The lowest BCUT2D eigenvalue weighted by Crippen LogP contribution is -2.23. The molecule has 20 heavy (non-hydrogen) atoms. The number of halogens is 2. The Hall–Kier alpha value is -1.32. The van der Waals surface area contributed by atoms with Crippen molar-refractivity contribution in [3.05, 3.63) is 58.3 Å². The Bertz CT molecular complexity index is 567. The molecule has 0 aliphatic heterocycles. The summed E-state index contributed by atoms with van der Waals surface area (Å²) in [5.74, 6) is 1.38. The molecule has 1 aromatic heterocycles. The molecule has 1 unspecified atom stereocenters. The van der Waals surface area contributed by atoms with E-state index >= 15 is 0 Å². The second-order valence-electron chi connectivity index (χ2n) is 4.71. The van der Waals surface area contributed by atoms with Gasteiger partial charge >= 0.3 is 0 Å². The van der Waals surface area contributed by atoms with Crippen molar-refractivity contribution in [2.75, 3.05) is 6.54 Å². The van der Waals surface area contributed by atoms with Gasteiger partial charge in [-0.25, -0.2) is 4.39 Å². The smallest absolute Gasteiger partial charge is 0.125 e. The highest BCUT2D eigenvalue weighted by molar-refractivity contribution is 6.31. The van der Waals surface area contributed by atoms with Crippen LogP contribution in [0.5, 0.6) is 0 Å². The van der Waals surface area contributed by atoms with Crippen LogP contribution in [0.15, 0.2) is 34.7 Å². The highest BCUT2D eigenvalue weighted by Crippen LogP contribution is 2.30. The highest BCUT2D eigenvalue weighted by Gasteiger charge is 2.20. The van der Waals surface area contributed by atoms with E-state index in [9.17, 15) is 4.39 Å². The van der Waals surface area contributed by atoms with Crippen LogP contribution in [0.4, 0.5) is 4.39 Å². The Kier molecular flexibility index (Phi) is 5.21. The third kappa shape index (κ3) is 3.41. The van der Waals surface area contributed by atoms with Gasteiger partial charge in [-0.05, 0) is 48.9 Å². The van der Waals surface area contributed by atoms with Crippen molar-refractivity contribution in [2.45, 2.75) is 32.7 Å². The van der Waals surface area contributed by atoms with Crippen molar-refractivity contribution in [2.24, 2.45) is 0 Å². The maximum Gasteiger partial charge on any atom is 0.125 e. The minimum atomic E-state index is -0.296. The van der Waals surface area contributed by atoms with E-state index < -0.39 is 0 Å². The third-order valence-electron chi connectivity index (χ3n) is 3.18. The minimum Gasteiger partial charge on any atom is -0.464 e. The molecule has 0 spiro atoms. The molecule has 0 aliphatic carbocycles. The van der Waals surface area contributed by atoms with E-state index in [2.05, 4.69) is 12.2 Å². The summed E-state index contributed by atoms with van der Waals surface area (Å²) in [6.45, 7) is 4.92. The first kappa shape index (κ1) is 15.1. The normalized spacial score (nSPS) is 12.6. The summed E-state index contributed by atoms with van der Waals surface area (Å²) >= 11 is 6.21. The van der Waals surface area contributed by atoms with Gasteiger partial charge in [-0.2, -0.15) is 0 Å². The first-order valence-electron chi connectivity index (χ1n) is 6.92. The average Bonchev–Trinajstić information content (AvgIpc) is 2.92. The Morgan fingerprint density at radius 2 is 2.05 bits per heavy atom. The van der Waals surface area contributed by atoms with Crippen molar-refractivity contribution in [1.82, 2.24) is 5.32 Å². The summed E-state index contributed by atoms with van der Waals surface area (Å²) in [4.78, 5) is 0. The van der Waals surface area contributed by atoms with Crippen LogP contribution in [0.3, 0.4) is 0 Å². The Balaban J connectivity index is 2.38. The molecule has 0 amide bonds. The minimum absolute atomic E-state index is 0.224. The summed E-state index contributed by atoms with van der Waals surface area (Å²) < 4.78 is 19.3. The molecule has 0 saturated carbocycles. The van der Waals surface area contributed by atoms with Gasteiger partial charge in [-0.3, -0.25) is 0 Å². The van der Waals surface area contributed by atoms with Crippen molar-refractivity contribution in [1.29, 1.82) is 0 Å². The van der Waals surface area contributed by atoms with Crippen LogP contribution in [0.1, 0.15) is 43.4 Å². The van der Waals surface area contributed by atoms with Crippen LogP contribution in [0.2, 0.25) is 5.02 Å². The maximum atomic E-state index is 13.5. The fourth-order valence-electron chi connectivity index (χ4n) is 2.13. The van der Waals surface area contributed by atoms with Crippen LogP contribution in [0.25, 0.3) is 0 Å². The Morgan fingerprint density at radius 1 is 1.25 bits per heavy atom. The van der Waals surface area contributed by atoms with E-state index in [1.54, 1.807) is 6.07 Å². The molecule has 1 heterocycles. The van der Waals surface area contributed by atoms with Crippen molar-refractivity contribution < 1.29 is 8.81 Å². The van der Waals surface area contributed by atoms with Gasteiger partial charge in [0.15, 0.2) is 0 Å². The zero-order valence-corrected chi connectivity index (χ0v) is 12.5. The van der Waals surface area contributed by atoms with E-state index in [4.69, 9.17) is 16.0 Å². The van der Waals surface area contributed by atoms with Gasteiger partial charge in [0.25, 0.3) is 0 Å². The molecule has 1 atom stereocenters. The summed E-state index contributed by atoms with van der Waals surface area (Å²) in [5.41, 5.74) is 0.706. The molecular formula is C16H19ClFNO. The number of hydrogen-bond donors (Lipinski definition) is 1. The molecule has 0 radical (unpaired) electrons. The lowest BCUT2D eigenvalue weighted by Gasteiger charge is -2.18. The predicted molar refractivity (Wildman–Crippen MR) is 79.6 cm³/mol. The van der Waals surface area contributed by atoms with E-state index in [-0.39, 0.29) is 11.9 Å². The number of aryl methyl sites for hydroxylation is 1. The predicted octanol–water partition coefficient (Wildman–Crippen LogP) is 4.72. The molecule has 108 valence electrons. The Morgan fingerprint density at radius 3 is 2.70 bits per heavy atom. The quantitative estimate of drug-likeness (QED) is 0.834. The third-order valence-corrected chi connectivity index (χ3v) is 3.53. The van der Waals surface area contributed by atoms with E-state index in [1.165, 1.54) is 12.1 Å². The highest BCUT2D eigenvalue weighted by atomic mass is 35.5. The zero-order valence-electron chi connectivity index (χ0n) is 11.7. The molecule has 0 aliphatic rings. The van der Waals surface area contributed by atoms with Crippen molar-refractivity contribution in [3.8, 4) is 0 Å². The Labute approximate surface area is 123 Å². The monoisotopic (exact) mass is 295 g/mol. The van der Waals surface area contributed by atoms with Crippen molar-refractivity contribution in [3.63, 3.8) is 0 Å². The van der Waals surface area contributed by atoms with Crippen LogP contribution in [-0.2, 0) is 6.42 Å². The van der Waals surface area contributed by atoms with Crippen LogP contribution >= 0.6 is 11.6 Å². The first-order chi connectivity index (χ1) is 9.65. The van der Waals surface area contributed by atoms with Gasteiger partial charge in [-0.15, -0.1) is 0 Å². The first-order valence-corrected chi connectivity index (χ1v) is 7.30. The maximum absolute atomic E-state index is 13.5. The molecule has 4 heteroatoms. The van der Waals surface area contributed by atoms with Gasteiger partial charge in [0, 0.05) is 11.4 Å². The lowest BCUT2D eigenvalue weighted by molar-refractivity contribution is 0.421. The number of rotatable bonds is 6. The average molecular weight is 296 g/mol. The van der Waals surface area contributed by atoms with Gasteiger partial charge in [0.05, 0.1) is 6.04 Å². The molecular weight excluding hydrogens is 277 g/mol. The zero-order chi connectivity index (χ0) is 14.5. The molecule has 0 fully saturated rings.